The highest BCUT2D eigenvalue weighted by atomic mass is 16.3. The number of aliphatic hydroxyl groups excluding tert-OH is 1. The molecule has 2 rings (SSSR count). The third-order valence-electron chi connectivity index (χ3n) is 2.24. The molecule has 90 valence electrons. The number of hydrogen-bond acceptors (Lipinski definition) is 3. The van der Waals surface area contributed by atoms with Gasteiger partial charge in [0.15, 0.2) is 0 Å². The molecule has 0 fully saturated rings. The van der Waals surface area contributed by atoms with Crippen molar-refractivity contribution in [1.29, 1.82) is 0 Å². The summed E-state index contributed by atoms with van der Waals surface area (Å²) < 4.78 is 4.83. The zero-order chi connectivity index (χ0) is 12.8. The second-order valence-electron chi connectivity index (χ2n) is 3.50. The Labute approximate surface area is 104 Å². The van der Waals surface area contributed by atoms with Gasteiger partial charge in [0.2, 0.25) is 0 Å². The number of carbonyl (C=O) groups excluding carboxylic acids is 1. The van der Waals surface area contributed by atoms with E-state index in [-0.39, 0.29) is 12.5 Å². The van der Waals surface area contributed by atoms with Crippen LogP contribution < -0.4 is 5.32 Å². The molecule has 2 aromatic rings. The Hall–Kier alpha value is -2.51. The Morgan fingerprint density at radius 1 is 1.28 bits per heavy atom. The molecule has 1 amide bonds. The molecule has 0 aliphatic carbocycles. The molecular formula is C14H11NO3. The molecular weight excluding hydrogens is 230 g/mol. The van der Waals surface area contributed by atoms with E-state index in [0.29, 0.717) is 11.3 Å². The van der Waals surface area contributed by atoms with Gasteiger partial charge in [-0.05, 0) is 30.3 Å². The summed E-state index contributed by atoms with van der Waals surface area (Å²) in [6.45, 7) is -0.168. The quantitative estimate of drug-likeness (QED) is 0.789. The lowest BCUT2D eigenvalue weighted by Crippen LogP contribution is -2.10. The van der Waals surface area contributed by atoms with E-state index in [1.807, 2.05) is 0 Å². The number of benzene rings is 1. The van der Waals surface area contributed by atoms with E-state index in [1.54, 1.807) is 30.3 Å². The zero-order valence-electron chi connectivity index (χ0n) is 9.51. The first kappa shape index (κ1) is 12.0. The van der Waals surface area contributed by atoms with Gasteiger partial charge in [0.05, 0.1) is 11.8 Å². The SMILES string of the molecule is O=C(Nc1ccc(C#CCO)cc1)c1ccoc1. The van der Waals surface area contributed by atoms with Gasteiger partial charge in [-0.2, -0.15) is 0 Å². The highest BCUT2D eigenvalue weighted by Crippen LogP contribution is 2.11. The zero-order valence-corrected chi connectivity index (χ0v) is 9.51. The monoisotopic (exact) mass is 241 g/mol. The normalized spacial score (nSPS) is 9.39. The Balaban J connectivity index is 2.04. The van der Waals surface area contributed by atoms with Gasteiger partial charge in [-0.3, -0.25) is 4.79 Å². The van der Waals surface area contributed by atoms with Crippen LogP contribution in [0.5, 0.6) is 0 Å². The maximum absolute atomic E-state index is 11.7. The number of carbonyl (C=O) groups is 1. The van der Waals surface area contributed by atoms with Crippen molar-refractivity contribution in [1.82, 2.24) is 0 Å². The van der Waals surface area contributed by atoms with Crippen LogP contribution in [-0.2, 0) is 0 Å². The fourth-order valence-electron chi connectivity index (χ4n) is 1.38. The second-order valence-corrected chi connectivity index (χ2v) is 3.50. The minimum absolute atomic E-state index is 0.168. The molecule has 18 heavy (non-hydrogen) atoms. The summed E-state index contributed by atoms with van der Waals surface area (Å²) in [6.07, 6.45) is 2.83. The summed E-state index contributed by atoms with van der Waals surface area (Å²) in [4.78, 5) is 11.7. The lowest BCUT2D eigenvalue weighted by Gasteiger charge is -2.02. The molecule has 0 saturated carbocycles. The fourth-order valence-corrected chi connectivity index (χ4v) is 1.38. The van der Waals surface area contributed by atoms with E-state index in [9.17, 15) is 4.79 Å². The Bertz CT molecular complexity index is 574. The van der Waals surface area contributed by atoms with Crippen molar-refractivity contribution in [3.05, 3.63) is 54.0 Å². The molecule has 0 unspecified atom stereocenters. The van der Waals surface area contributed by atoms with Crippen molar-refractivity contribution in [3.8, 4) is 11.8 Å². The van der Waals surface area contributed by atoms with E-state index in [2.05, 4.69) is 17.2 Å². The summed E-state index contributed by atoms with van der Waals surface area (Å²) in [6, 6.07) is 8.64. The number of amides is 1. The van der Waals surface area contributed by atoms with Crippen molar-refractivity contribution in [3.63, 3.8) is 0 Å². The lowest BCUT2D eigenvalue weighted by atomic mass is 10.2. The minimum atomic E-state index is -0.224. The number of rotatable bonds is 2. The largest absolute Gasteiger partial charge is 0.472 e. The van der Waals surface area contributed by atoms with Crippen LogP contribution in [0.3, 0.4) is 0 Å². The average molecular weight is 241 g/mol. The first-order valence-electron chi connectivity index (χ1n) is 5.33. The molecule has 0 atom stereocenters. The smallest absolute Gasteiger partial charge is 0.258 e. The summed E-state index contributed by atoms with van der Waals surface area (Å²) >= 11 is 0. The van der Waals surface area contributed by atoms with E-state index in [0.717, 1.165) is 5.56 Å². The lowest BCUT2D eigenvalue weighted by molar-refractivity contribution is 0.102. The van der Waals surface area contributed by atoms with Gasteiger partial charge in [0.1, 0.15) is 12.9 Å². The number of anilines is 1. The van der Waals surface area contributed by atoms with E-state index in [1.165, 1.54) is 12.5 Å². The molecule has 0 aliphatic heterocycles. The van der Waals surface area contributed by atoms with Crippen LogP contribution in [0.15, 0.2) is 47.3 Å². The van der Waals surface area contributed by atoms with Crippen LogP contribution in [0, 0.1) is 11.8 Å². The number of furan rings is 1. The van der Waals surface area contributed by atoms with Gasteiger partial charge in [0.25, 0.3) is 5.91 Å². The average Bonchev–Trinajstić information content (AvgIpc) is 2.92. The van der Waals surface area contributed by atoms with Crippen molar-refractivity contribution in [2.24, 2.45) is 0 Å². The summed E-state index contributed by atoms with van der Waals surface area (Å²) in [5, 5.41) is 11.3. The summed E-state index contributed by atoms with van der Waals surface area (Å²) in [7, 11) is 0. The van der Waals surface area contributed by atoms with Crippen LogP contribution in [0.25, 0.3) is 0 Å². The molecule has 4 nitrogen and oxygen atoms in total. The Morgan fingerprint density at radius 3 is 2.67 bits per heavy atom. The minimum Gasteiger partial charge on any atom is -0.472 e. The first-order chi connectivity index (χ1) is 8.79. The predicted octanol–water partition coefficient (Wildman–Crippen LogP) is 1.88. The number of aliphatic hydroxyl groups is 1. The Kier molecular flexibility index (Phi) is 3.79. The van der Waals surface area contributed by atoms with Crippen LogP contribution in [0.1, 0.15) is 15.9 Å². The second kappa shape index (κ2) is 5.71. The van der Waals surface area contributed by atoms with Gasteiger partial charge < -0.3 is 14.8 Å². The molecule has 0 bridgehead atoms. The van der Waals surface area contributed by atoms with Crippen LogP contribution in [0.2, 0.25) is 0 Å². The van der Waals surface area contributed by atoms with Crippen LogP contribution in [0.4, 0.5) is 5.69 Å². The van der Waals surface area contributed by atoms with Crippen LogP contribution in [-0.4, -0.2) is 17.6 Å². The van der Waals surface area contributed by atoms with E-state index >= 15 is 0 Å². The molecule has 0 radical (unpaired) electrons. The molecule has 2 N–H and O–H groups in total. The molecule has 0 spiro atoms. The summed E-state index contributed by atoms with van der Waals surface area (Å²) in [5.41, 5.74) is 1.93. The van der Waals surface area contributed by atoms with Crippen molar-refractivity contribution < 1.29 is 14.3 Å². The molecule has 0 saturated heterocycles. The fraction of sp³-hybridized carbons (Fsp3) is 0.0714. The van der Waals surface area contributed by atoms with Gasteiger partial charge in [-0.1, -0.05) is 11.8 Å². The molecule has 1 heterocycles. The predicted molar refractivity (Wildman–Crippen MR) is 67.1 cm³/mol. The standard InChI is InChI=1S/C14H11NO3/c16-8-1-2-11-3-5-13(6-4-11)15-14(17)12-7-9-18-10-12/h3-7,9-10,16H,8H2,(H,15,17). The third kappa shape index (κ3) is 3.00. The highest BCUT2D eigenvalue weighted by Gasteiger charge is 2.06. The Morgan fingerprint density at radius 2 is 2.06 bits per heavy atom. The van der Waals surface area contributed by atoms with E-state index < -0.39 is 0 Å². The van der Waals surface area contributed by atoms with Crippen molar-refractivity contribution in [2.45, 2.75) is 0 Å². The van der Waals surface area contributed by atoms with E-state index in [4.69, 9.17) is 9.52 Å². The molecule has 4 heteroatoms. The first-order valence-corrected chi connectivity index (χ1v) is 5.33. The number of hydrogen-bond donors (Lipinski definition) is 2. The van der Waals surface area contributed by atoms with Gasteiger partial charge >= 0.3 is 0 Å². The van der Waals surface area contributed by atoms with Gasteiger partial charge in [0, 0.05) is 11.3 Å². The summed E-state index contributed by atoms with van der Waals surface area (Å²) in [5.74, 6) is 5.10. The molecule has 1 aromatic heterocycles. The maximum Gasteiger partial charge on any atom is 0.258 e. The number of nitrogens with one attached hydrogen (secondary N) is 1. The third-order valence-corrected chi connectivity index (χ3v) is 2.24. The topological polar surface area (TPSA) is 62.5 Å². The molecule has 0 aliphatic rings. The van der Waals surface area contributed by atoms with Crippen LogP contribution >= 0.6 is 0 Å². The van der Waals surface area contributed by atoms with Crippen molar-refractivity contribution >= 4 is 11.6 Å². The maximum atomic E-state index is 11.7. The van der Waals surface area contributed by atoms with Gasteiger partial charge in [-0.25, -0.2) is 0 Å². The molecule has 1 aromatic carbocycles. The van der Waals surface area contributed by atoms with Crippen molar-refractivity contribution in [2.75, 3.05) is 11.9 Å². The van der Waals surface area contributed by atoms with Gasteiger partial charge in [-0.15, -0.1) is 0 Å². The highest BCUT2D eigenvalue weighted by molar-refractivity contribution is 6.03.